The third-order valence-corrected chi connectivity index (χ3v) is 3.18. The number of ether oxygens (including phenoxy) is 1. The number of aromatic carboxylic acids is 1. The summed E-state index contributed by atoms with van der Waals surface area (Å²) < 4.78 is 6.69. The van der Waals surface area contributed by atoms with Gasteiger partial charge in [-0.3, -0.25) is 4.79 Å². The van der Waals surface area contributed by atoms with Gasteiger partial charge in [0, 0.05) is 5.69 Å². The number of carbonyl (C=O) groups excluding carboxylic acids is 1. The quantitative estimate of drug-likeness (QED) is 0.805. The lowest BCUT2D eigenvalue weighted by molar-refractivity contribution is -0.122. The van der Waals surface area contributed by atoms with Crippen LogP contribution in [0.25, 0.3) is 5.69 Å². The predicted molar refractivity (Wildman–Crippen MR) is 82.7 cm³/mol. The van der Waals surface area contributed by atoms with E-state index in [4.69, 9.17) is 9.84 Å². The van der Waals surface area contributed by atoms with Gasteiger partial charge in [0.15, 0.2) is 5.69 Å². The first-order valence-corrected chi connectivity index (χ1v) is 7.17. The Labute approximate surface area is 133 Å². The van der Waals surface area contributed by atoms with Gasteiger partial charge in [-0.25, -0.2) is 9.48 Å². The molecule has 1 aromatic carbocycles. The summed E-state index contributed by atoms with van der Waals surface area (Å²) in [7, 11) is 0. The molecule has 1 atom stereocenters. The third kappa shape index (κ3) is 4.62. The number of nitrogens with zero attached hydrogens (tertiary/aromatic N) is 3. The van der Waals surface area contributed by atoms with Crippen LogP contribution in [0.1, 0.15) is 30.8 Å². The van der Waals surface area contributed by atoms with Gasteiger partial charge in [0.25, 0.3) is 0 Å². The minimum absolute atomic E-state index is 0.0221. The topological polar surface area (TPSA) is 106 Å². The monoisotopic (exact) mass is 318 g/mol. The lowest BCUT2D eigenvalue weighted by Gasteiger charge is -2.11. The van der Waals surface area contributed by atoms with Crippen LogP contribution in [0.4, 0.5) is 5.69 Å². The van der Waals surface area contributed by atoms with Crippen LogP contribution in [0.15, 0.2) is 30.5 Å². The predicted octanol–water partition coefficient (Wildman–Crippen LogP) is 1.72. The van der Waals surface area contributed by atoms with E-state index in [-0.39, 0.29) is 24.3 Å². The number of carboxylic acids is 1. The first kappa shape index (κ1) is 16.6. The number of hydrogen-bond donors (Lipinski definition) is 2. The summed E-state index contributed by atoms with van der Waals surface area (Å²) in [6, 6.07) is 6.84. The summed E-state index contributed by atoms with van der Waals surface area (Å²) in [5, 5.41) is 18.9. The maximum Gasteiger partial charge on any atom is 0.358 e. The molecule has 0 aliphatic heterocycles. The van der Waals surface area contributed by atoms with Crippen LogP contribution in [0.3, 0.4) is 0 Å². The zero-order chi connectivity index (χ0) is 16.8. The summed E-state index contributed by atoms with van der Waals surface area (Å²) in [5.74, 6) is -1.41. The summed E-state index contributed by atoms with van der Waals surface area (Å²) >= 11 is 0. The number of carboxylic acid groups (broad SMARTS) is 1. The second-order valence-electron chi connectivity index (χ2n) is 4.98. The highest BCUT2D eigenvalue weighted by Gasteiger charge is 2.10. The van der Waals surface area contributed by atoms with E-state index in [9.17, 15) is 9.59 Å². The summed E-state index contributed by atoms with van der Waals surface area (Å²) in [6.07, 6.45) is 2.16. The van der Waals surface area contributed by atoms with Gasteiger partial charge in [-0.2, -0.15) is 0 Å². The Bertz CT molecular complexity index is 698. The van der Waals surface area contributed by atoms with Crippen molar-refractivity contribution in [2.45, 2.75) is 26.4 Å². The van der Waals surface area contributed by atoms with Crippen molar-refractivity contribution in [1.82, 2.24) is 15.0 Å². The molecule has 0 saturated heterocycles. The molecule has 0 radical (unpaired) electrons. The van der Waals surface area contributed by atoms with Gasteiger partial charge >= 0.3 is 5.97 Å². The Hall–Kier alpha value is -2.74. The molecular formula is C15H18N4O4. The first-order valence-electron chi connectivity index (χ1n) is 7.17. The molecule has 2 rings (SSSR count). The Balaban J connectivity index is 2.04. The Morgan fingerprint density at radius 2 is 2.22 bits per heavy atom. The molecule has 122 valence electrons. The Morgan fingerprint density at radius 1 is 1.43 bits per heavy atom. The highest BCUT2D eigenvalue weighted by molar-refractivity contribution is 5.92. The number of hydrogen-bond acceptors (Lipinski definition) is 5. The van der Waals surface area contributed by atoms with Gasteiger partial charge in [0.05, 0.1) is 18.0 Å². The van der Waals surface area contributed by atoms with Gasteiger partial charge in [-0.05, 0) is 31.5 Å². The molecule has 0 saturated carbocycles. The van der Waals surface area contributed by atoms with E-state index >= 15 is 0 Å². The molecule has 0 spiro atoms. The molecule has 8 heteroatoms. The van der Waals surface area contributed by atoms with Crippen LogP contribution in [0.5, 0.6) is 0 Å². The van der Waals surface area contributed by atoms with Gasteiger partial charge in [0.2, 0.25) is 5.91 Å². The van der Waals surface area contributed by atoms with Gasteiger partial charge < -0.3 is 15.2 Å². The Kier molecular flexibility index (Phi) is 5.42. The zero-order valence-electron chi connectivity index (χ0n) is 12.9. The lowest BCUT2D eigenvalue weighted by Crippen LogP contribution is -2.21. The number of nitrogens with one attached hydrogen (secondary N) is 1. The first-order chi connectivity index (χ1) is 11.0. The fourth-order valence-electron chi connectivity index (χ4n) is 1.75. The number of benzene rings is 1. The average molecular weight is 318 g/mol. The number of anilines is 1. The van der Waals surface area contributed by atoms with Crippen molar-refractivity contribution in [2.24, 2.45) is 0 Å². The number of aromatic nitrogens is 3. The molecule has 8 nitrogen and oxygen atoms in total. The van der Waals surface area contributed by atoms with Crippen molar-refractivity contribution >= 4 is 17.6 Å². The maximum atomic E-state index is 11.8. The van der Waals surface area contributed by atoms with E-state index in [2.05, 4.69) is 15.6 Å². The van der Waals surface area contributed by atoms with Gasteiger partial charge in [-0.1, -0.05) is 18.2 Å². The van der Waals surface area contributed by atoms with Crippen molar-refractivity contribution in [3.05, 3.63) is 36.2 Å². The van der Waals surface area contributed by atoms with Gasteiger partial charge in [0.1, 0.15) is 6.61 Å². The van der Waals surface area contributed by atoms with E-state index in [1.54, 1.807) is 24.3 Å². The molecule has 1 aromatic heterocycles. The molecule has 0 aliphatic rings. The van der Waals surface area contributed by atoms with E-state index in [0.29, 0.717) is 11.4 Å². The third-order valence-electron chi connectivity index (χ3n) is 3.18. The minimum atomic E-state index is -1.15. The van der Waals surface area contributed by atoms with Crippen LogP contribution in [0.2, 0.25) is 0 Å². The van der Waals surface area contributed by atoms with Crippen LogP contribution < -0.4 is 5.32 Å². The molecule has 23 heavy (non-hydrogen) atoms. The van der Waals surface area contributed by atoms with Crippen LogP contribution in [-0.4, -0.2) is 44.7 Å². The molecule has 0 bridgehead atoms. The van der Waals surface area contributed by atoms with Crippen LogP contribution >= 0.6 is 0 Å². The zero-order valence-corrected chi connectivity index (χ0v) is 12.9. The van der Waals surface area contributed by atoms with Crippen LogP contribution in [0, 0.1) is 0 Å². The summed E-state index contributed by atoms with van der Waals surface area (Å²) in [4.78, 5) is 22.6. The molecular weight excluding hydrogens is 300 g/mol. The van der Waals surface area contributed by atoms with Crippen molar-refractivity contribution in [2.75, 3.05) is 11.9 Å². The summed E-state index contributed by atoms with van der Waals surface area (Å²) in [6.45, 7) is 3.86. The van der Waals surface area contributed by atoms with E-state index in [1.807, 2.05) is 13.8 Å². The standard InChI is InChI=1S/C15H18N4O4/c1-3-10(2)23-9-14(20)16-11-5-4-6-12(7-11)19-8-13(15(21)22)17-18-19/h4-8,10H,3,9H2,1-2H3,(H,16,20)(H,21,22). The second-order valence-corrected chi connectivity index (χ2v) is 4.98. The summed E-state index contributed by atoms with van der Waals surface area (Å²) in [5.41, 5.74) is 1.000. The maximum absolute atomic E-state index is 11.8. The van der Waals surface area contributed by atoms with E-state index < -0.39 is 5.97 Å². The smallest absolute Gasteiger partial charge is 0.358 e. The second kappa shape index (κ2) is 7.50. The molecule has 1 unspecified atom stereocenters. The molecule has 2 N–H and O–H groups in total. The minimum Gasteiger partial charge on any atom is -0.476 e. The lowest BCUT2D eigenvalue weighted by atomic mass is 10.2. The van der Waals surface area contributed by atoms with Crippen molar-refractivity contribution in [3.63, 3.8) is 0 Å². The SMILES string of the molecule is CCC(C)OCC(=O)Nc1cccc(-n2cc(C(=O)O)nn2)c1. The van der Waals surface area contributed by atoms with Crippen molar-refractivity contribution in [3.8, 4) is 5.69 Å². The van der Waals surface area contributed by atoms with Gasteiger partial charge in [-0.15, -0.1) is 5.10 Å². The number of carbonyl (C=O) groups is 2. The molecule has 0 aliphatic carbocycles. The average Bonchev–Trinajstić information content (AvgIpc) is 3.03. The molecule has 1 heterocycles. The molecule has 1 amide bonds. The number of rotatable bonds is 7. The molecule has 0 fully saturated rings. The highest BCUT2D eigenvalue weighted by Crippen LogP contribution is 2.14. The fraction of sp³-hybridized carbons (Fsp3) is 0.333. The fourth-order valence-corrected chi connectivity index (χ4v) is 1.75. The van der Waals surface area contributed by atoms with E-state index in [0.717, 1.165) is 6.42 Å². The van der Waals surface area contributed by atoms with Crippen molar-refractivity contribution < 1.29 is 19.4 Å². The highest BCUT2D eigenvalue weighted by atomic mass is 16.5. The Morgan fingerprint density at radius 3 is 2.87 bits per heavy atom. The molecule has 2 aromatic rings. The van der Waals surface area contributed by atoms with Crippen molar-refractivity contribution in [1.29, 1.82) is 0 Å². The largest absolute Gasteiger partial charge is 0.476 e. The van der Waals surface area contributed by atoms with E-state index in [1.165, 1.54) is 10.9 Å². The normalized spacial score (nSPS) is 11.9. The number of amides is 1. The van der Waals surface area contributed by atoms with Crippen LogP contribution in [-0.2, 0) is 9.53 Å².